The highest BCUT2D eigenvalue weighted by Crippen LogP contribution is 2.26. The van der Waals surface area contributed by atoms with Crippen LogP contribution in [-0.2, 0) is 19.7 Å². The minimum absolute atomic E-state index is 0.0774. The summed E-state index contributed by atoms with van der Waals surface area (Å²) >= 11 is 0. The van der Waals surface area contributed by atoms with Crippen molar-refractivity contribution in [1.82, 2.24) is 15.0 Å². The number of nitrogens with zero attached hydrogens (tertiary/aromatic N) is 3. The number of amides is 2. The molecule has 0 radical (unpaired) electrons. The van der Waals surface area contributed by atoms with E-state index in [0.29, 0.717) is 4.47 Å². The van der Waals surface area contributed by atoms with Gasteiger partial charge in [-0.25, -0.2) is 18.6 Å². The molecular formula is C13H16N4O7S. The summed E-state index contributed by atoms with van der Waals surface area (Å²) in [5.41, 5.74) is 0.300. The van der Waals surface area contributed by atoms with Crippen LogP contribution in [0, 0.1) is 0 Å². The Bertz CT molecular complexity index is 836. The van der Waals surface area contributed by atoms with Crippen molar-refractivity contribution >= 4 is 27.7 Å². The minimum atomic E-state index is -3.86. The maximum Gasteiger partial charge on any atom is 0.432 e. The van der Waals surface area contributed by atoms with Gasteiger partial charge in [0.2, 0.25) is 0 Å². The van der Waals surface area contributed by atoms with E-state index in [1.807, 2.05) is 0 Å². The molecule has 1 atom stereocenters. The van der Waals surface area contributed by atoms with Gasteiger partial charge in [0.25, 0.3) is 15.9 Å². The van der Waals surface area contributed by atoms with Crippen LogP contribution in [0.25, 0.3) is 0 Å². The zero-order chi connectivity index (χ0) is 19.0. The number of sulfonamides is 1. The Labute approximate surface area is 143 Å². The molecule has 0 saturated carbocycles. The number of hydrogen-bond donors (Lipinski definition) is 3. The van der Waals surface area contributed by atoms with Crippen molar-refractivity contribution in [2.75, 3.05) is 14.2 Å². The van der Waals surface area contributed by atoms with E-state index in [4.69, 9.17) is 5.11 Å². The SMILES string of the molecule is CON(C)S(=O)(=O)c1ccc(C2=NNC(=O)C2(C)N(O)C(=O)O)cc1. The van der Waals surface area contributed by atoms with Gasteiger partial charge in [-0.1, -0.05) is 16.6 Å². The molecular weight excluding hydrogens is 356 g/mol. The number of rotatable bonds is 5. The molecule has 0 aliphatic carbocycles. The van der Waals surface area contributed by atoms with Crippen molar-refractivity contribution in [3.63, 3.8) is 0 Å². The van der Waals surface area contributed by atoms with Crippen LogP contribution in [0.4, 0.5) is 4.79 Å². The molecule has 12 heteroatoms. The molecule has 0 saturated heterocycles. The third kappa shape index (κ3) is 2.95. The normalized spacial score (nSPS) is 20.4. The average Bonchev–Trinajstić information content (AvgIpc) is 2.89. The average molecular weight is 372 g/mol. The quantitative estimate of drug-likeness (QED) is 0.480. The van der Waals surface area contributed by atoms with Crippen LogP contribution >= 0.6 is 0 Å². The molecule has 0 fully saturated rings. The van der Waals surface area contributed by atoms with Gasteiger partial charge in [0.15, 0.2) is 5.54 Å². The highest BCUT2D eigenvalue weighted by atomic mass is 32.2. The van der Waals surface area contributed by atoms with Crippen LogP contribution in [0.2, 0.25) is 0 Å². The molecule has 136 valence electrons. The standard InChI is InChI=1S/C13H16N4O7S/c1-13(17(21)12(19)20)10(14-15-11(13)18)8-4-6-9(7-5-8)25(22,23)16(2)24-3/h4-7,21H,1-3H3,(H,15,18)(H,19,20). The maximum atomic E-state index is 12.2. The van der Waals surface area contributed by atoms with Gasteiger partial charge >= 0.3 is 6.09 Å². The number of hydrazone groups is 1. The molecule has 25 heavy (non-hydrogen) atoms. The lowest BCUT2D eigenvalue weighted by Crippen LogP contribution is -2.57. The van der Waals surface area contributed by atoms with Crippen LogP contribution in [0.1, 0.15) is 12.5 Å². The van der Waals surface area contributed by atoms with Crippen LogP contribution in [0.5, 0.6) is 0 Å². The molecule has 0 spiro atoms. The fourth-order valence-electron chi connectivity index (χ4n) is 2.20. The monoisotopic (exact) mass is 372 g/mol. The first-order valence-electron chi connectivity index (χ1n) is 6.81. The Morgan fingerprint density at radius 1 is 1.32 bits per heavy atom. The summed E-state index contributed by atoms with van der Waals surface area (Å²) in [6, 6.07) is 5.16. The Kier molecular flexibility index (Phi) is 4.81. The Balaban J connectivity index is 2.43. The van der Waals surface area contributed by atoms with Gasteiger partial charge < -0.3 is 5.11 Å². The molecule has 1 aliphatic heterocycles. The van der Waals surface area contributed by atoms with Gasteiger partial charge in [-0.3, -0.25) is 14.8 Å². The lowest BCUT2D eigenvalue weighted by atomic mass is 9.90. The molecule has 2 amide bonds. The summed E-state index contributed by atoms with van der Waals surface area (Å²) in [5.74, 6) is -0.844. The van der Waals surface area contributed by atoms with E-state index in [0.717, 1.165) is 0 Å². The van der Waals surface area contributed by atoms with E-state index >= 15 is 0 Å². The van der Waals surface area contributed by atoms with Crippen LogP contribution in [0.15, 0.2) is 34.3 Å². The number of carbonyl (C=O) groups is 2. The fourth-order valence-corrected chi connectivity index (χ4v) is 3.17. The van der Waals surface area contributed by atoms with Gasteiger partial charge in [-0.2, -0.15) is 10.2 Å². The number of carbonyl (C=O) groups excluding carboxylic acids is 1. The van der Waals surface area contributed by atoms with E-state index in [-0.39, 0.29) is 21.2 Å². The zero-order valence-electron chi connectivity index (χ0n) is 13.5. The van der Waals surface area contributed by atoms with Gasteiger partial charge in [-0.15, -0.1) is 0 Å². The lowest BCUT2D eigenvalue weighted by Gasteiger charge is -2.29. The Morgan fingerprint density at radius 2 is 1.88 bits per heavy atom. The second-order valence-electron chi connectivity index (χ2n) is 5.19. The number of carboxylic acid groups (broad SMARTS) is 1. The van der Waals surface area contributed by atoms with Gasteiger partial charge in [0.1, 0.15) is 5.71 Å². The Morgan fingerprint density at radius 3 is 2.36 bits per heavy atom. The van der Waals surface area contributed by atoms with E-state index < -0.39 is 27.6 Å². The van der Waals surface area contributed by atoms with Gasteiger partial charge in [-0.05, 0) is 19.1 Å². The van der Waals surface area contributed by atoms with E-state index in [9.17, 15) is 23.2 Å². The van der Waals surface area contributed by atoms with Crippen LogP contribution < -0.4 is 5.43 Å². The summed E-state index contributed by atoms with van der Waals surface area (Å²) in [6.07, 6.45) is -1.74. The van der Waals surface area contributed by atoms with Crippen molar-refractivity contribution in [1.29, 1.82) is 0 Å². The van der Waals surface area contributed by atoms with Crippen molar-refractivity contribution in [2.45, 2.75) is 17.4 Å². The largest absolute Gasteiger partial charge is 0.463 e. The van der Waals surface area contributed by atoms with Gasteiger partial charge in [0, 0.05) is 12.6 Å². The Hall–Kier alpha value is -2.54. The second kappa shape index (κ2) is 6.40. The molecule has 1 aliphatic rings. The molecule has 0 bridgehead atoms. The molecule has 2 rings (SSSR count). The topological polar surface area (TPSA) is 149 Å². The fraction of sp³-hybridized carbons (Fsp3) is 0.308. The summed E-state index contributed by atoms with van der Waals surface area (Å²) in [6.45, 7) is 1.17. The zero-order valence-corrected chi connectivity index (χ0v) is 14.3. The van der Waals surface area contributed by atoms with E-state index in [2.05, 4.69) is 15.4 Å². The number of hydroxylamine groups is 3. The predicted octanol–water partition coefficient (Wildman–Crippen LogP) is -0.170. The maximum absolute atomic E-state index is 12.2. The van der Waals surface area contributed by atoms with Crippen molar-refractivity contribution < 1.29 is 33.2 Å². The summed E-state index contributed by atoms with van der Waals surface area (Å²) < 4.78 is 25.0. The number of hydrogen-bond acceptors (Lipinski definition) is 7. The molecule has 1 aromatic rings. The number of nitrogens with one attached hydrogen (secondary N) is 1. The molecule has 0 aromatic heterocycles. The lowest BCUT2D eigenvalue weighted by molar-refractivity contribution is -0.148. The highest BCUT2D eigenvalue weighted by molar-refractivity contribution is 7.89. The smallest absolute Gasteiger partial charge is 0.432 e. The first kappa shape index (κ1) is 18.8. The molecule has 1 heterocycles. The third-order valence-corrected chi connectivity index (χ3v) is 5.49. The van der Waals surface area contributed by atoms with Crippen molar-refractivity contribution in [3.8, 4) is 0 Å². The first-order valence-corrected chi connectivity index (χ1v) is 8.25. The highest BCUT2D eigenvalue weighted by Gasteiger charge is 2.51. The summed E-state index contributed by atoms with van der Waals surface area (Å²) in [5, 5.41) is 22.3. The number of benzene rings is 1. The minimum Gasteiger partial charge on any atom is -0.463 e. The van der Waals surface area contributed by atoms with Crippen LogP contribution in [0.3, 0.4) is 0 Å². The molecule has 3 N–H and O–H groups in total. The van der Waals surface area contributed by atoms with E-state index in [1.165, 1.54) is 45.3 Å². The van der Waals surface area contributed by atoms with E-state index in [1.54, 1.807) is 0 Å². The van der Waals surface area contributed by atoms with Crippen molar-refractivity contribution in [3.05, 3.63) is 29.8 Å². The first-order chi connectivity index (χ1) is 11.6. The molecule has 1 unspecified atom stereocenters. The summed E-state index contributed by atoms with van der Waals surface area (Å²) in [7, 11) is -1.44. The summed E-state index contributed by atoms with van der Waals surface area (Å²) in [4.78, 5) is 27.6. The third-order valence-electron chi connectivity index (χ3n) is 3.80. The van der Waals surface area contributed by atoms with Crippen LogP contribution in [-0.4, -0.2) is 65.7 Å². The second-order valence-corrected chi connectivity index (χ2v) is 7.13. The molecule has 11 nitrogen and oxygen atoms in total. The molecule has 1 aromatic carbocycles. The van der Waals surface area contributed by atoms with Crippen molar-refractivity contribution in [2.24, 2.45) is 5.10 Å². The van der Waals surface area contributed by atoms with Gasteiger partial charge in [0.05, 0.1) is 12.0 Å². The predicted molar refractivity (Wildman–Crippen MR) is 83.1 cm³/mol.